The molecule has 0 unspecified atom stereocenters. The van der Waals surface area contributed by atoms with Crippen LogP contribution in [0.5, 0.6) is 0 Å². The maximum Gasteiger partial charge on any atom is 0.225 e. The third-order valence-corrected chi connectivity index (χ3v) is 5.78. The predicted molar refractivity (Wildman–Crippen MR) is 93.0 cm³/mol. The van der Waals surface area contributed by atoms with Gasteiger partial charge in [-0.25, -0.2) is 4.98 Å². The molecule has 1 heterocycles. The van der Waals surface area contributed by atoms with Crippen molar-refractivity contribution in [1.82, 2.24) is 9.55 Å². The van der Waals surface area contributed by atoms with E-state index in [4.69, 9.17) is 4.74 Å². The molecule has 0 spiro atoms. The fraction of sp³-hybridized carbons (Fsp3) is 0.375. The zero-order chi connectivity index (χ0) is 16.0. The molecule has 0 aliphatic heterocycles. The first-order valence-corrected chi connectivity index (χ1v) is 11.8. The summed E-state index contributed by atoms with van der Waals surface area (Å²) in [5, 5.41) is 0.825. The quantitative estimate of drug-likeness (QED) is 0.434. The summed E-state index contributed by atoms with van der Waals surface area (Å²) in [6.07, 6.45) is 3.41. The Morgan fingerprint density at radius 1 is 1.27 bits per heavy atom. The van der Waals surface area contributed by atoms with Crippen molar-refractivity contribution in [2.24, 2.45) is 0 Å². The van der Waals surface area contributed by atoms with Crippen LogP contribution in [0.4, 0.5) is 0 Å². The molecule has 1 aromatic heterocycles. The number of nitrogens with zero attached hydrogens (tertiary/aromatic N) is 2. The van der Waals surface area contributed by atoms with Gasteiger partial charge in [-0.15, -0.1) is 0 Å². The molecule has 0 fully saturated rings. The SMILES string of the molecule is C[Si](C)(C)CCOCn1cncc1SC(=O)c1ccccc1. The molecule has 1 aromatic carbocycles. The first-order valence-electron chi connectivity index (χ1n) is 7.31. The molecule has 0 amide bonds. The maximum absolute atomic E-state index is 12.2. The molecule has 0 N–H and O–H groups in total. The molecule has 0 saturated heterocycles. The standard InChI is InChI=1S/C16H22N2O2SSi/c1-22(2,3)10-9-20-13-18-12-17-11-15(18)21-16(19)14-7-5-4-6-8-14/h4-8,11-12H,9-10,13H2,1-3H3. The van der Waals surface area contributed by atoms with Crippen LogP contribution in [-0.2, 0) is 11.5 Å². The monoisotopic (exact) mass is 334 g/mol. The summed E-state index contributed by atoms with van der Waals surface area (Å²) in [4.78, 5) is 16.3. The number of benzene rings is 1. The third kappa shape index (κ3) is 5.44. The lowest BCUT2D eigenvalue weighted by atomic mass is 10.2. The molecule has 0 saturated carbocycles. The van der Waals surface area contributed by atoms with Crippen LogP contribution in [0.3, 0.4) is 0 Å². The Labute approximate surface area is 136 Å². The number of aromatic nitrogens is 2. The van der Waals surface area contributed by atoms with Crippen LogP contribution in [0.25, 0.3) is 0 Å². The van der Waals surface area contributed by atoms with E-state index in [1.165, 1.54) is 11.8 Å². The average Bonchev–Trinajstić information content (AvgIpc) is 2.91. The van der Waals surface area contributed by atoms with Gasteiger partial charge in [0, 0.05) is 20.2 Å². The van der Waals surface area contributed by atoms with E-state index < -0.39 is 8.07 Å². The Balaban J connectivity index is 1.88. The fourth-order valence-corrected chi connectivity index (χ4v) is 3.29. The van der Waals surface area contributed by atoms with Gasteiger partial charge in [0.15, 0.2) is 0 Å². The number of carbonyl (C=O) groups is 1. The van der Waals surface area contributed by atoms with Crippen molar-refractivity contribution in [2.75, 3.05) is 6.61 Å². The number of carbonyl (C=O) groups excluding carboxylic acids is 1. The molecule has 6 heteroatoms. The third-order valence-electron chi connectivity index (χ3n) is 3.11. The van der Waals surface area contributed by atoms with Crippen molar-refractivity contribution in [3.8, 4) is 0 Å². The zero-order valence-corrected chi connectivity index (χ0v) is 15.1. The van der Waals surface area contributed by atoms with Crippen LogP contribution in [0, 0.1) is 0 Å². The molecular formula is C16H22N2O2SSi. The van der Waals surface area contributed by atoms with Crippen LogP contribution < -0.4 is 0 Å². The van der Waals surface area contributed by atoms with Gasteiger partial charge in [-0.3, -0.25) is 4.79 Å². The van der Waals surface area contributed by atoms with Crippen molar-refractivity contribution in [3.63, 3.8) is 0 Å². The summed E-state index contributed by atoms with van der Waals surface area (Å²) in [7, 11) is -1.07. The molecular weight excluding hydrogens is 312 g/mol. The van der Waals surface area contributed by atoms with E-state index in [1.54, 1.807) is 12.5 Å². The number of thioether (sulfide) groups is 1. The number of imidazole rings is 1. The molecule has 2 aromatic rings. The van der Waals surface area contributed by atoms with Gasteiger partial charge in [0.2, 0.25) is 5.12 Å². The molecule has 2 rings (SSSR count). The Bertz CT molecular complexity index is 608. The van der Waals surface area contributed by atoms with Gasteiger partial charge in [0.1, 0.15) is 11.8 Å². The van der Waals surface area contributed by atoms with Crippen molar-refractivity contribution < 1.29 is 9.53 Å². The maximum atomic E-state index is 12.2. The van der Waals surface area contributed by atoms with Gasteiger partial charge < -0.3 is 9.30 Å². The largest absolute Gasteiger partial charge is 0.361 e. The highest BCUT2D eigenvalue weighted by atomic mass is 32.2. The van der Waals surface area contributed by atoms with E-state index in [2.05, 4.69) is 24.6 Å². The lowest BCUT2D eigenvalue weighted by Gasteiger charge is -2.15. The highest BCUT2D eigenvalue weighted by Crippen LogP contribution is 2.22. The normalized spacial score (nSPS) is 11.6. The van der Waals surface area contributed by atoms with Crippen LogP contribution in [0.15, 0.2) is 47.9 Å². The molecule has 0 atom stereocenters. The average molecular weight is 335 g/mol. The minimum absolute atomic E-state index is 0.0180. The first kappa shape index (κ1) is 17.0. The second-order valence-electron chi connectivity index (χ2n) is 6.31. The molecule has 0 bridgehead atoms. The van der Waals surface area contributed by atoms with E-state index in [9.17, 15) is 4.79 Å². The fourth-order valence-electron chi connectivity index (χ4n) is 1.76. The summed E-state index contributed by atoms with van der Waals surface area (Å²) >= 11 is 1.18. The van der Waals surface area contributed by atoms with Gasteiger partial charge in [-0.05, 0) is 17.8 Å². The van der Waals surface area contributed by atoms with Crippen molar-refractivity contribution in [1.29, 1.82) is 0 Å². The Kier molecular flexibility index (Phi) is 5.99. The number of rotatable bonds is 7. The molecule has 0 aliphatic rings. The molecule has 22 heavy (non-hydrogen) atoms. The van der Waals surface area contributed by atoms with E-state index in [0.717, 1.165) is 17.7 Å². The van der Waals surface area contributed by atoms with Crippen molar-refractivity contribution >= 4 is 25.0 Å². The Morgan fingerprint density at radius 3 is 2.68 bits per heavy atom. The molecule has 0 radical (unpaired) electrons. The highest BCUT2D eigenvalue weighted by Gasteiger charge is 2.13. The highest BCUT2D eigenvalue weighted by molar-refractivity contribution is 8.14. The molecule has 0 aliphatic carbocycles. The first-order chi connectivity index (χ1) is 10.5. The lowest BCUT2D eigenvalue weighted by molar-refractivity contribution is 0.0819. The van der Waals surface area contributed by atoms with E-state index in [-0.39, 0.29) is 5.12 Å². The van der Waals surface area contributed by atoms with E-state index in [0.29, 0.717) is 12.3 Å². The van der Waals surface area contributed by atoms with Crippen LogP contribution in [0.1, 0.15) is 10.4 Å². The molecule has 118 valence electrons. The minimum Gasteiger partial charge on any atom is -0.361 e. The second-order valence-corrected chi connectivity index (χ2v) is 12.9. The van der Waals surface area contributed by atoms with Crippen LogP contribution in [-0.4, -0.2) is 29.3 Å². The van der Waals surface area contributed by atoms with E-state index >= 15 is 0 Å². The Hall–Kier alpha value is -1.37. The number of ether oxygens (including phenoxy) is 1. The predicted octanol–water partition coefficient (Wildman–Crippen LogP) is 4.13. The van der Waals surface area contributed by atoms with Crippen LogP contribution >= 0.6 is 11.8 Å². The van der Waals surface area contributed by atoms with E-state index in [1.807, 2.05) is 34.9 Å². The van der Waals surface area contributed by atoms with Gasteiger partial charge >= 0.3 is 0 Å². The second kappa shape index (κ2) is 7.76. The Morgan fingerprint density at radius 2 is 2.00 bits per heavy atom. The number of hydrogen-bond acceptors (Lipinski definition) is 4. The van der Waals surface area contributed by atoms with Gasteiger partial charge in [0.05, 0.1) is 12.5 Å². The zero-order valence-electron chi connectivity index (χ0n) is 13.3. The minimum atomic E-state index is -1.07. The lowest BCUT2D eigenvalue weighted by Crippen LogP contribution is -2.22. The van der Waals surface area contributed by atoms with Gasteiger partial charge in [0.25, 0.3) is 0 Å². The summed E-state index contributed by atoms with van der Waals surface area (Å²) in [6, 6.07) is 10.4. The topological polar surface area (TPSA) is 44.1 Å². The van der Waals surface area contributed by atoms with Gasteiger partial charge in [-0.2, -0.15) is 0 Å². The summed E-state index contributed by atoms with van der Waals surface area (Å²) in [5.74, 6) is 0. The summed E-state index contributed by atoms with van der Waals surface area (Å²) in [5.41, 5.74) is 0.694. The smallest absolute Gasteiger partial charge is 0.225 e. The van der Waals surface area contributed by atoms with Crippen LogP contribution in [0.2, 0.25) is 25.7 Å². The molecule has 4 nitrogen and oxygen atoms in total. The van der Waals surface area contributed by atoms with Crippen molar-refractivity contribution in [3.05, 3.63) is 48.4 Å². The summed E-state index contributed by atoms with van der Waals surface area (Å²) < 4.78 is 7.59. The number of hydrogen-bond donors (Lipinski definition) is 0. The summed E-state index contributed by atoms with van der Waals surface area (Å²) in [6.45, 7) is 8.17. The van der Waals surface area contributed by atoms with Gasteiger partial charge in [-0.1, -0.05) is 50.0 Å². The van der Waals surface area contributed by atoms with Crippen molar-refractivity contribution in [2.45, 2.75) is 37.4 Å².